The summed E-state index contributed by atoms with van der Waals surface area (Å²) in [5.74, 6) is 2.52. The van der Waals surface area contributed by atoms with Crippen molar-refractivity contribution in [2.24, 2.45) is 5.92 Å². The van der Waals surface area contributed by atoms with Crippen LogP contribution in [0.25, 0.3) is 0 Å². The van der Waals surface area contributed by atoms with E-state index in [1.165, 1.54) is 19.3 Å². The Kier molecular flexibility index (Phi) is 3.00. The van der Waals surface area contributed by atoms with Crippen molar-refractivity contribution < 1.29 is 4.52 Å². The molecule has 0 spiro atoms. The maximum atomic E-state index is 8.50. The summed E-state index contributed by atoms with van der Waals surface area (Å²) < 4.78 is 5.00. The van der Waals surface area contributed by atoms with E-state index in [2.05, 4.69) is 17.1 Å². The monoisotopic (exact) mass is 205 g/mol. The maximum absolute atomic E-state index is 8.50. The molecule has 1 aromatic heterocycles. The van der Waals surface area contributed by atoms with Gasteiger partial charge in [-0.1, -0.05) is 18.5 Å². The molecular formula is C11H15N3O. The second kappa shape index (κ2) is 4.43. The molecule has 0 aromatic carbocycles. The molecule has 2 rings (SSSR count). The predicted octanol–water partition coefficient (Wildman–Crippen LogP) is 2.43. The van der Waals surface area contributed by atoms with E-state index >= 15 is 0 Å². The Balaban J connectivity index is 2.01. The molecule has 1 saturated carbocycles. The van der Waals surface area contributed by atoms with Gasteiger partial charge < -0.3 is 4.52 Å². The fourth-order valence-corrected chi connectivity index (χ4v) is 2.25. The lowest BCUT2D eigenvalue weighted by molar-refractivity contribution is 0.376. The third-order valence-corrected chi connectivity index (χ3v) is 3.20. The molecule has 1 aliphatic carbocycles. The Hall–Kier alpha value is -1.37. The number of nitrogens with zero attached hydrogens (tertiary/aromatic N) is 3. The van der Waals surface area contributed by atoms with Crippen molar-refractivity contribution in [2.75, 3.05) is 0 Å². The molecule has 0 radical (unpaired) electrons. The van der Waals surface area contributed by atoms with Crippen LogP contribution in [0.1, 0.15) is 50.2 Å². The largest absolute Gasteiger partial charge is 0.338 e. The molecule has 2 unspecified atom stereocenters. The molecule has 15 heavy (non-hydrogen) atoms. The van der Waals surface area contributed by atoms with Gasteiger partial charge in [-0.3, -0.25) is 0 Å². The van der Waals surface area contributed by atoms with Crippen molar-refractivity contribution in [1.82, 2.24) is 10.1 Å². The summed E-state index contributed by atoms with van der Waals surface area (Å²) in [6.07, 6.45) is 5.05. The molecule has 1 aliphatic rings. The molecule has 2 atom stereocenters. The summed E-state index contributed by atoms with van der Waals surface area (Å²) in [5, 5.41) is 12.4. The summed E-state index contributed by atoms with van der Waals surface area (Å²) in [6, 6.07) is 2.01. The van der Waals surface area contributed by atoms with E-state index in [-0.39, 0.29) is 6.42 Å². The van der Waals surface area contributed by atoms with Crippen LogP contribution in [-0.4, -0.2) is 10.1 Å². The molecular weight excluding hydrogens is 190 g/mol. The van der Waals surface area contributed by atoms with Crippen LogP contribution in [0.3, 0.4) is 0 Å². The normalized spacial score (nSPS) is 25.3. The highest BCUT2D eigenvalue weighted by atomic mass is 16.5. The number of nitriles is 1. The maximum Gasteiger partial charge on any atom is 0.240 e. The molecule has 1 heterocycles. The van der Waals surface area contributed by atoms with Crippen molar-refractivity contribution in [2.45, 2.75) is 44.9 Å². The minimum atomic E-state index is 0.219. The van der Waals surface area contributed by atoms with E-state index in [0.717, 1.165) is 18.2 Å². The van der Waals surface area contributed by atoms with Crippen LogP contribution in [0.4, 0.5) is 0 Å². The zero-order valence-electron chi connectivity index (χ0n) is 8.94. The molecule has 4 nitrogen and oxygen atoms in total. The van der Waals surface area contributed by atoms with Gasteiger partial charge >= 0.3 is 0 Å². The third-order valence-electron chi connectivity index (χ3n) is 3.20. The van der Waals surface area contributed by atoms with Gasteiger partial charge in [0.2, 0.25) is 5.89 Å². The van der Waals surface area contributed by atoms with Crippen molar-refractivity contribution in [3.8, 4) is 6.07 Å². The van der Waals surface area contributed by atoms with Gasteiger partial charge in [0.1, 0.15) is 6.42 Å². The molecule has 4 heteroatoms. The molecule has 0 bridgehead atoms. The van der Waals surface area contributed by atoms with E-state index in [9.17, 15) is 0 Å². The lowest BCUT2D eigenvalue weighted by Gasteiger charge is -2.04. The average Bonchev–Trinajstić information content (AvgIpc) is 2.85. The van der Waals surface area contributed by atoms with Crippen LogP contribution >= 0.6 is 0 Å². The van der Waals surface area contributed by atoms with Crippen molar-refractivity contribution in [1.29, 1.82) is 5.26 Å². The zero-order valence-corrected chi connectivity index (χ0v) is 8.94. The Labute approximate surface area is 89.3 Å². The lowest BCUT2D eigenvalue weighted by Crippen LogP contribution is -1.97. The molecule has 0 saturated heterocycles. The molecule has 0 N–H and O–H groups in total. The van der Waals surface area contributed by atoms with Crippen LogP contribution in [0.5, 0.6) is 0 Å². The highest BCUT2D eigenvalue weighted by Crippen LogP contribution is 2.38. The standard InChI is InChI=1S/C11H15N3O/c1-2-8-3-4-9(7-8)11-13-10(5-6-12)15-14-11/h8-9H,2-5,7H2,1H3. The zero-order chi connectivity index (χ0) is 10.7. The first-order valence-electron chi connectivity index (χ1n) is 5.53. The summed E-state index contributed by atoms with van der Waals surface area (Å²) >= 11 is 0. The SMILES string of the molecule is CCC1CCC(c2noc(CC#N)n2)C1. The van der Waals surface area contributed by atoms with Crippen molar-refractivity contribution in [3.05, 3.63) is 11.7 Å². The van der Waals surface area contributed by atoms with Crippen LogP contribution in [0.15, 0.2) is 4.52 Å². The van der Waals surface area contributed by atoms with Gasteiger partial charge in [0.25, 0.3) is 0 Å². The Morgan fingerprint density at radius 2 is 2.40 bits per heavy atom. The second-order valence-electron chi connectivity index (χ2n) is 4.17. The molecule has 1 aromatic rings. The fourth-order valence-electron chi connectivity index (χ4n) is 2.25. The molecule has 1 fully saturated rings. The highest BCUT2D eigenvalue weighted by molar-refractivity contribution is 5.01. The van der Waals surface area contributed by atoms with Crippen molar-refractivity contribution in [3.63, 3.8) is 0 Å². The van der Waals surface area contributed by atoms with Gasteiger partial charge in [-0.05, 0) is 25.2 Å². The number of hydrogen-bond donors (Lipinski definition) is 0. The molecule has 80 valence electrons. The van der Waals surface area contributed by atoms with Crippen LogP contribution in [-0.2, 0) is 6.42 Å². The van der Waals surface area contributed by atoms with Gasteiger partial charge in [-0.15, -0.1) is 0 Å². The summed E-state index contributed by atoms with van der Waals surface area (Å²) in [6.45, 7) is 2.23. The summed E-state index contributed by atoms with van der Waals surface area (Å²) in [5.41, 5.74) is 0. The van der Waals surface area contributed by atoms with E-state index < -0.39 is 0 Å². The second-order valence-corrected chi connectivity index (χ2v) is 4.17. The first kappa shape index (κ1) is 10.2. The third kappa shape index (κ3) is 2.17. The van der Waals surface area contributed by atoms with E-state index in [4.69, 9.17) is 9.78 Å². The number of aromatic nitrogens is 2. The lowest BCUT2D eigenvalue weighted by atomic mass is 10.0. The first-order chi connectivity index (χ1) is 7.33. The van der Waals surface area contributed by atoms with E-state index in [0.29, 0.717) is 11.8 Å². The van der Waals surface area contributed by atoms with Crippen molar-refractivity contribution >= 4 is 0 Å². The topological polar surface area (TPSA) is 62.7 Å². The molecule has 0 amide bonds. The minimum Gasteiger partial charge on any atom is -0.338 e. The number of hydrogen-bond acceptors (Lipinski definition) is 4. The first-order valence-corrected chi connectivity index (χ1v) is 5.53. The van der Waals surface area contributed by atoms with Gasteiger partial charge in [0, 0.05) is 5.92 Å². The van der Waals surface area contributed by atoms with Crippen LogP contribution < -0.4 is 0 Å². The van der Waals surface area contributed by atoms with E-state index in [1.807, 2.05) is 6.07 Å². The summed E-state index contributed by atoms with van der Waals surface area (Å²) in [7, 11) is 0. The summed E-state index contributed by atoms with van der Waals surface area (Å²) in [4.78, 5) is 4.25. The fraction of sp³-hybridized carbons (Fsp3) is 0.727. The van der Waals surface area contributed by atoms with Gasteiger partial charge in [-0.2, -0.15) is 10.2 Å². The quantitative estimate of drug-likeness (QED) is 0.760. The number of rotatable bonds is 3. The smallest absolute Gasteiger partial charge is 0.240 e. The van der Waals surface area contributed by atoms with Gasteiger partial charge in [0.15, 0.2) is 5.82 Å². The average molecular weight is 205 g/mol. The van der Waals surface area contributed by atoms with Crippen LogP contribution in [0, 0.1) is 17.2 Å². The van der Waals surface area contributed by atoms with Gasteiger partial charge in [0.05, 0.1) is 6.07 Å². The highest BCUT2D eigenvalue weighted by Gasteiger charge is 2.28. The van der Waals surface area contributed by atoms with Crippen LogP contribution in [0.2, 0.25) is 0 Å². The Bertz CT molecular complexity index is 366. The minimum absolute atomic E-state index is 0.219. The van der Waals surface area contributed by atoms with E-state index in [1.54, 1.807) is 0 Å². The molecule has 0 aliphatic heterocycles. The Morgan fingerprint density at radius 3 is 3.07 bits per heavy atom. The Morgan fingerprint density at radius 1 is 1.53 bits per heavy atom. The predicted molar refractivity (Wildman–Crippen MR) is 54.0 cm³/mol. The van der Waals surface area contributed by atoms with Gasteiger partial charge in [-0.25, -0.2) is 0 Å².